The van der Waals surface area contributed by atoms with Gasteiger partial charge in [-0.25, -0.2) is 4.79 Å². The van der Waals surface area contributed by atoms with E-state index in [1.807, 2.05) is 60.7 Å². The lowest BCUT2D eigenvalue weighted by Crippen LogP contribution is -2.03. The van der Waals surface area contributed by atoms with E-state index < -0.39 is 12.6 Å². The maximum atomic E-state index is 10.4. The largest absolute Gasteiger partial charge is 0.489 e. The molecule has 0 aromatic heterocycles. The van der Waals surface area contributed by atoms with Crippen LogP contribution < -0.4 is 4.74 Å². The fourth-order valence-corrected chi connectivity index (χ4v) is 2.72. The lowest BCUT2D eigenvalue weighted by atomic mass is 10.0. The Bertz CT molecular complexity index is 982. The van der Waals surface area contributed by atoms with Crippen LogP contribution in [0.1, 0.15) is 16.7 Å². The van der Waals surface area contributed by atoms with E-state index >= 15 is 0 Å². The van der Waals surface area contributed by atoms with Gasteiger partial charge in [-0.15, -0.1) is 0 Å². The fraction of sp³-hybridized carbons (Fsp3) is 0.130. The Morgan fingerprint density at radius 3 is 2.54 bits per heavy atom. The Balaban J connectivity index is 1.69. The summed E-state index contributed by atoms with van der Waals surface area (Å²) < 4.78 is 5.94. The fourth-order valence-electron chi connectivity index (χ4n) is 2.72. The molecule has 0 bridgehead atoms. The number of carboxylic acids is 1. The second kappa shape index (κ2) is 9.37. The Hall–Kier alpha value is -3.60. The number of hydrogen-bond acceptors (Lipinski definition) is 4. The van der Waals surface area contributed by atoms with Crippen LogP contribution in [0.4, 0.5) is 0 Å². The van der Waals surface area contributed by atoms with Gasteiger partial charge in [0, 0.05) is 0 Å². The molecule has 0 spiro atoms. The maximum Gasteiger partial charge on any atom is 0.344 e. The molecule has 0 aliphatic carbocycles. The second-order valence-electron chi connectivity index (χ2n) is 6.33. The van der Waals surface area contributed by atoms with Crippen molar-refractivity contribution in [3.05, 3.63) is 89.5 Å². The third-order valence-electron chi connectivity index (χ3n) is 4.01. The van der Waals surface area contributed by atoms with Gasteiger partial charge in [0.15, 0.2) is 0 Å². The first-order valence-electron chi connectivity index (χ1n) is 8.86. The zero-order valence-electron chi connectivity index (χ0n) is 15.5. The molecule has 28 heavy (non-hydrogen) atoms. The van der Waals surface area contributed by atoms with Crippen molar-refractivity contribution in [1.29, 1.82) is 0 Å². The van der Waals surface area contributed by atoms with Crippen LogP contribution in [0.25, 0.3) is 11.1 Å². The van der Waals surface area contributed by atoms with Crippen molar-refractivity contribution in [3.63, 3.8) is 0 Å². The lowest BCUT2D eigenvalue weighted by Gasteiger charge is -2.09. The molecule has 0 aliphatic heterocycles. The van der Waals surface area contributed by atoms with E-state index in [0.717, 1.165) is 28.0 Å². The topological polar surface area (TPSA) is 68.1 Å². The number of benzene rings is 3. The van der Waals surface area contributed by atoms with Gasteiger partial charge in [-0.3, -0.25) is 0 Å². The van der Waals surface area contributed by atoms with Crippen LogP contribution in [0.3, 0.4) is 0 Å². The Kier molecular flexibility index (Phi) is 6.41. The minimum atomic E-state index is -1.06. The average molecular weight is 375 g/mol. The highest BCUT2D eigenvalue weighted by Crippen LogP contribution is 2.25. The van der Waals surface area contributed by atoms with Crippen molar-refractivity contribution in [2.75, 3.05) is 6.61 Å². The summed E-state index contributed by atoms with van der Waals surface area (Å²) in [6.07, 6.45) is 1.49. The predicted molar refractivity (Wildman–Crippen MR) is 109 cm³/mol. The Labute approximate surface area is 163 Å². The molecular formula is C23H21NO4. The van der Waals surface area contributed by atoms with Crippen LogP contribution in [-0.4, -0.2) is 23.9 Å². The minimum Gasteiger partial charge on any atom is -0.489 e. The highest BCUT2D eigenvalue weighted by atomic mass is 16.6. The first-order valence-corrected chi connectivity index (χ1v) is 8.86. The van der Waals surface area contributed by atoms with Gasteiger partial charge in [0.05, 0.1) is 6.21 Å². The number of nitrogens with zero attached hydrogens (tertiary/aromatic N) is 1. The predicted octanol–water partition coefficient (Wildman–Crippen LogP) is 4.68. The SMILES string of the molecule is Cc1cccc(COc2cccc(-c3cccc(C=NOCC(=O)O)c3)c2)c1. The lowest BCUT2D eigenvalue weighted by molar-refractivity contribution is -0.142. The first kappa shape index (κ1) is 19.2. The van der Waals surface area contributed by atoms with Crippen LogP contribution in [0.15, 0.2) is 78.0 Å². The van der Waals surface area contributed by atoms with Gasteiger partial charge in [0.1, 0.15) is 12.4 Å². The molecule has 0 radical (unpaired) electrons. The molecule has 3 rings (SSSR count). The molecule has 0 saturated carbocycles. The van der Waals surface area contributed by atoms with Gasteiger partial charge in [-0.2, -0.15) is 0 Å². The zero-order valence-corrected chi connectivity index (χ0v) is 15.5. The summed E-state index contributed by atoms with van der Waals surface area (Å²) in [5, 5.41) is 12.2. The van der Waals surface area contributed by atoms with Crippen LogP contribution in [0.2, 0.25) is 0 Å². The third kappa shape index (κ3) is 5.71. The number of carbonyl (C=O) groups is 1. The van der Waals surface area contributed by atoms with E-state index in [1.165, 1.54) is 11.8 Å². The number of aryl methyl sites for hydroxylation is 1. The molecule has 5 nitrogen and oxygen atoms in total. The van der Waals surface area contributed by atoms with Crippen molar-refractivity contribution in [1.82, 2.24) is 0 Å². The molecule has 3 aromatic rings. The third-order valence-corrected chi connectivity index (χ3v) is 4.01. The highest BCUT2D eigenvalue weighted by molar-refractivity contribution is 5.82. The minimum absolute atomic E-state index is 0.462. The van der Waals surface area contributed by atoms with Crippen molar-refractivity contribution < 1.29 is 19.5 Å². The van der Waals surface area contributed by atoms with Crippen molar-refractivity contribution >= 4 is 12.2 Å². The van der Waals surface area contributed by atoms with E-state index in [9.17, 15) is 4.79 Å². The Morgan fingerprint density at radius 1 is 1.00 bits per heavy atom. The van der Waals surface area contributed by atoms with Crippen LogP contribution in [-0.2, 0) is 16.2 Å². The second-order valence-corrected chi connectivity index (χ2v) is 6.33. The summed E-state index contributed by atoms with van der Waals surface area (Å²) in [4.78, 5) is 15.1. The molecule has 0 atom stereocenters. The summed E-state index contributed by atoms with van der Waals surface area (Å²) in [6, 6.07) is 23.9. The van der Waals surface area contributed by atoms with Crippen LogP contribution in [0.5, 0.6) is 5.75 Å². The van der Waals surface area contributed by atoms with Gasteiger partial charge in [0.2, 0.25) is 6.61 Å². The summed E-state index contributed by atoms with van der Waals surface area (Å²) in [5.41, 5.74) is 5.17. The molecular weight excluding hydrogens is 354 g/mol. The molecule has 0 saturated heterocycles. The van der Waals surface area contributed by atoms with E-state index in [1.54, 1.807) is 0 Å². The molecule has 0 unspecified atom stereocenters. The van der Waals surface area contributed by atoms with Crippen molar-refractivity contribution in [3.8, 4) is 16.9 Å². The van der Waals surface area contributed by atoms with E-state index in [-0.39, 0.29) is 0 Å². The van der Waals surface area contributed by atoms with Gasteiger partial charge >= 0.3 is 5.97 Å². The number of ether oxygens (including phenoxy) is 1. The molecule has 0 heterocycles. The smallest absolute Gasteiger partial charge is 0.344 e. The quantitative estimate of drug-likeness (QED) is 0.459. The van der Waals surface area contributed by atoms with E-state index in [4.69, 9.17) is 14.7 Å². The average Bonchev–Trinajstić information content (AvgIpc) is 2.70. The molecule has 1 N–H and O–H groups in total. The number of rotatable bonds is 8. The molecule has 0 amide bonds. The summed E-state index contributed by atoms with van der Waals surface area (Å²) in [6.45, 7) is 2.11. The van der Waals surface area contributed by atoms with Crippen LogP contribution in [0, 0.1) is 6.92 Å². The molecule has 0 fully saturated rings. The monoisotopic (exact) mass is 375 g/mol. The van der Waals surface area contributed by atoms with E-state index in [0.29, 0.717) is 6.61 Å². The number of oxime groups is 1. The number of aliphatic carboxylic acids is 1. The maximum absolute atomic E-state index is 10.4. The Morgan fingerprint density at radius 2 is 1.75 bits per heavy atom. The standard InChI is InChI=1S/C23H21NO4/c1-17-5-2-7-19(11-17)15-27-22-10-4-9-21(13-22)20-8-3-6-18(12-20)14-24-28-16-23(25)26/h2-14H,15-16H2,1H3,(H,25,26). The van der Waals surface area contributed by atoms with E-state index in [2.05, 4.69) is 24.2 Å². The van der Waals surface area contributed by atoms with Gasteiger partial charge < -0.3 is 14.7 Å². The number of hydrogen-bond donors (Lipinski definition) is 1. The highest BCUT2D eigenvalue weighted by Gasteiger charge is 2.02. The van der Waals surface area contributed by atoms with Gasteiger partial charge in [-0.1, -0.05) is 65.3 Å². The van der Waals surface area contributed by atoms with Crippen molar-refractivity contribution in [2.24, 2.45) is 5.16 Å². The molecule has 3 aromatic carbocycles. The molecule has 5 heteroatoms. The molecule has 0 aliphatic rings. The van der Waals surface area contributed by atoms with Crippen LogP contribution >= 0.6 is 0 Å². The summed E-state index contributed by atoms with van der Waals surface area (Å²) >= 11 is 0. The number of carboxylic acid groups (broad SMARTS) is 1. The summed E-state index contributed by atoms with van der Waals surface area (Å²) in [5.74, 6) is -0.267. The molecule has 142 valence electrons. The van der Waals surface area contributed by atoms with Gasteiger partial charge in [0.25, 0.3) is 0 Å². The zero-order chi connectivity index (χ0) is 19.8. The summed E-state index contributed by atoms with van der Waals surface area (Å²) in [7, 11) is 0. The van der Waals surface area contributed by atoms with Gasteiger partial charge in [-0.05, 0) is 47.4 Å². The first-order chi connectivity index (χ1) is 13.6. The van der Waals surface area contributed by atoms with Crippen molar-refractivity contribution in [2.45, 2.75) is 13.5 Å². The normalized spacial score (nSPS) is 10.8.